The standard InChI is InChI=1S/C59H67NO15Si/c1-36-43(72-55(67)49(63)48(40-23-13-8-14-24-40)60-53(65)41-25-15-9-16-26-41)32-59(68)52(73-54(66)42-27-17-10-18-28-42)50-57(6,51(64)37(2)47(36)56(59,4)5)44(31-45-58(50,35-70-45)74-38(3)61)75-76(29-19-20-30-76)71-34-46(62)69-33-39-21-11-7-12-22-39/h7-18,21-28,37,43-45,48-50,52,63,68H,19-20,29-35H2,1-6H3,(H,60,65)/t37-,43+,44+,45-,48+,49-,50?,52+,57-,58+,59-/m1/s1. The monoisotopic (exact) mass is 1060 g/mol. The number of carbonyl (C=O) groups excluding carboxylic acids is 6. The molecule has 3 aliphatic carbocycles. The summed E-state index contributed by atoms with van der Waals surface area (Å²) in [5, 5.41) is 29.0. The van der Waals surface area contributed by atoms with Gasteiger partial charge in [-0.25, -0.2) is 14.4 Å². The van der Waals surface area contributed by atoms with Crippen molar-refractivity contribution in [3.05, 3.63) is 155 Å². The SMILES string of the molecule is CC(=O)O[C@@]12CO[C@@H]1C[C@H](O[Si]1(OCC(=O)OCc3ccccc3)CCCC1)[C@@]1(C)C(=O)[C@H](C)C3=C(C)[C@@H](OC(=O)[C@H](O)[C@@H](NC(=O)c4ccccc4)c4ccccc4)C[C@@](O)([C@@H](OC(=O)c4ccccc4)C12)C3(C)C. The minimum atomic E-state index is -3.38. The first kappa shape index (κ1) is 54.4. The lowest BCUT2D eigenvalue weighted by Crippen LogP contribution is -2.82. The van der Waals surface area contributed by atoms with Gasteiger partial charge in [0.1, 0.15) is 42.9 Å². The minimum absolute atomic E-state index is 0.0377. The van der Waals surface area contributed by atoms with Crippen molar-refractivity contribution in [2.45, 2.75) is 134 Å². The van der Waals surface area contributed by atoms with Crippen molar-refractivity contribution in [2.75, 3.05) is 13.2 Å². The summed E-state index contributed by atoms with van der Waals surface area (Å²) in [7, 11) is -3.38. The van der Waals surface area contributed by atoms with Crippen molar-refractivity contribution in [1.29, 1.82) is 0 Å². The van der Waals surface area contributed by atoms with E-state index in [0.717, 1.165) is 18.4 Å². The van der Waals surface area contributed by atoms with Crippen LogP contribution in [0.3, 0.4) is 0 Å². The van der Waals surface area contributed by atoms with Gasteiger partial charge < -0.3 is 48.1 Å². The van der Waals surface area contributed by atoms with Crippen LogP contribution in [0.2, 0.25) is 12.1 Å². The van der Waals surface area contributed by atoms with Gasteiger partial charge in [0.2, 0.25) is 0 Å². The molecule has 2 bridgehead atoms. The number of nitrogens with one attached hydrogen (secondary N) is 1. The zero-order chi connectivity index (χ0) is 54.2. The Balaban J connectivity index is 1.13. The van der Waals surface area contributed by atoms with Crippen molar-refractivity contribution in [3.8, 4) is 0 Å². The van der Waals surface area contributed by atoms with E-state index in [-0.39, 0.29) is 30.8 Å². The zero-order valence-electron chi connectivity index (χ0n) is 43.7. The first-order valence-electron chi connectivity index (χ1n) is 26.1. The second kappa shape index (κ2) is 21.6. The van der Waals surface area contributed by atoms with E-state index in [0.29, 0.717) is 28.8 Å². The number of ketones is 1. The van der Waals surface area contributed by atoms with Gasteiger partial charge in [0.15, 0.2) is 11.7 Å². The largest absolute Gasteiger partial charge is 0.459 e. The normalized spacial score (nSPS) is 29.9. The number of esters is 4. The molecule has 16 nitrogen and oxygen atoms in total. The van der Waals surface area contributed by atoms with E-state index in [1.165, 1.54) is 6.92 Å². The van der Waals surface area contributed by atoms with E-state index in [4.69, 9.17) is 32.5 Å². The van der Waals surface area contributed by atoms with Crippen LogP contribution in [-0.2, 0) is 58.3 Å². The maximum absolute atomic E-state index is 16.4. The van der Waals surface area contributed by atoms with Gasteiger partial charge in [-0.05, 0) is 72.5 Å². The summed E-state index contributed by atoms with van der Waals surface area (Å²) < 4.78 is 45.2. The Hall–Kier alpha value is -6.34. The summed E-state index contributed by atoms with van der Waals surface area (Å²) in [5.41, 5.74) is -4.67. The third-order valence-corrected chi connectivity index (χ3v) is 20.5. The molecule has 402 valence electrons. The Morgan fingerprint density at radius 3 is 2.01 bits per heavy atom. The highest BCUT2D eigenvalue weighted by Gasteiger charge is 2.78. The fourth-order valence-corrected chi connectivity index (χ4v) is 16.7. The van der Waals surface area contributed by atoms with Crippen LogP contribution in [0.1, 0.15) is 105 Å². The van der Waals surface area contributed by atoms with Crippen LogP contribution in [0.4, 0.5) is 0 Å². The molecule has 2 heterocycles. The van der Waals surface area contributed by atoms with Crippen molar-refractivity contribution in [1.82, 2.24) is 5.32 Å². The summed E-state index contributed by atoms with van der Waals surface area (Å²) in [4.78, 5) is 86.2. The number of hydrogen-bond donors (Lipinski definition) is 3. The molecule has 2 saturated heterocycles. The quantitative estimate of drug-likeness (QED) is 0.0429. The van der Waals surface area contributed by atoms with Crippen LogP contribution in [0, 0.1) is 22.7 Å². The highest BCUT2D eigenvalue weighted by atomic mass is 28.4. The number of aliphatic hydroxyl groups excluding tert-OH is 1. The number of fused-ring (bicyclic) bond motifs is 5. The van der Waals surface area contributed by atoms with Crippen molar-refractivity contribution < 1.29 is 71.5 Å². The predicted octanol–water partition coefficient (Wildman–Crippen LogP) is 7.46. The number of aliphatic hydroxyl groups is 2. The summed E-state index contributed by atoms with van der Waals surface area (Å²) in [6.45, 7) is 9.28. The van der Waals surface area contributed by atoms with E-state index < -0.39 is 128 Å². The first-order chi connectivity index (χ1) is 36.2. The minimum Gasteiger partial charge on any atom is -0.459 e. The number of hydrogen-bond acceptors (Lipinski definition) is 15. The van der Waals surface area contributed by atoms with Gasteiger partial charge in [0, 0.05) is 36.7 Å². The fourth-order valence-electron chi connectivity index (χ4n) is 13.0. The number of rotatable bonds is 16. The molecule has 11 atom stereocenters. The van der Waals surface area contributed by atoms with Gasteiger partial charge in [-0.3, -0.25) is 14.4 Å². The second-order valence-corrected chi connectivity index (χ2v) is 25.1. The molecule has 3 N–H and O–H groups in total. The van der Waals surface area contributed by atoms with E-state index in [9.17, 15) is 34.2 Å². The lowest BCUT2D eigenvalue weighted by molar-refractivity contribution is -0.344. The molecule has 5 aliphatic rings. The van der Waals surface area contributed by atoms with Gasteiger partial charge in [0.25, 0.3) is 5.91 Å². The smallest absolute Gasteiger partial charge is 0.338 e. The zero-order valence-corrected chi connectivity index (χ0v) is 44.7. The Morgan fingerprint density at radius 2 is 1.42 bits per heavy atom. The fraction of sp³-hybridized carbons (Fsp3) is 0.458. The molecule has 1 amide bonds. The molecular formula is C59H67NO15Si. The van der Waals surface area contributed by atoms with E-state index in [2.05, 4.69) is 5.32 Å². The number of amides is 1. The van der Waals surface area contributed by atoms with Gasteiger partial charge in [-0.2, -0.15) is 0 Å². The Morgan fingerprint density at radius 1 is 0.829 bits per heavy atom. The molecule has 0 radical (unpaired) electrons. The Kier molecular flexibility index (Phi) is 15.5. The molecule has 17 heteroatoms. The Bertz CT molecular complexity index is 2840. The third-order valence-electron chi connectivity index (χ3n) is 16.9. The van der Waals surface area contributed by atoms with Crippen molar-refractivity contribution >= 4 is 44.1 Å². The molecule has 0 spiro atoms. The van der Waals surface area contributed by atoms with Crippen LogP contribution in [-0.4, -0.2) is 109 Å². The summed E-state index contributed by atoms with van der Waals surface area (Å²) in [6.07, 6.45) is -5.95. The average Bonchev–Trinajstić information content (AvgIpc) is 3.79. The number of benzene rings is 4. The van der Waals surface area contributed by atoms with Crippen LogP contribution in [0.5, 0.6) is 0 Å². The van der Waals surface area contributed by atoms with Gasteiger partial charge in [-0.1, -0.05) is 131 Å². The average molecular weight is 1060 g/mol. The summed E-state index contributed by atoms with van der Waals surface area (Å²) in [5.74, 6) is -6.68. The molecule has 4 aromatic rings. The molecule has 0 aromatic heterocycles. The van der Waals surface area contributed by atoms with Gasteiger partial charge in [-0.15, -0.1) is 0 Å². The molecule has 4 fully saturated rings. The van der Waals surface area contributed by atoms with Crippen molar-refractivity contribution in [2.24, 2.45) is 22.7 Å². The van der Waals surface area contributed by atoms with Gasteiger partial charge in [0.05, 0.1) is 35.6 Å². The van der Waals surface area contributed by atoms with Crippen LogP contribution in [0.15, 0.2) is 132 Å². The third kappa shape index (κ3) is 9.97. The molecule has 1 unspecified atom stereocenters. The molecular weight excluding hydrogens is 991 g/mol. The molecule has 4 aromatic carbocycles. The molecule has 76 heavy (non-hydrogen) atoms. The number of carbonyl (C=O) groups is 6. The topological polar surface area (TPSA) is 220 Å². The highest BCUT2D eigenvalue weighted by Crippen LogP contribution is 2.66. The first-order valence-corrected chi connectivity index (χ1v) is 28.3. The maximum atomic E-state index is 16.4. The van der Waals surface area contributed by atoms with E-state index in [1.807, 2.05) is 30.3 Å². The summed E-state index contributed by atoms with van der Waals surface area (Å²) in [6, 6.07) is 33.9. The molecule has 2 aliphatic heterocycles. The highest BCUT2D eigenvalue weighted by molar-refractivity contribution is 6.68. The maximum Gasteiger partial charge on any atom is 0.338 e. The van der Waals surface area contributed by atoms with Crippen LogP contribution >= 0.6 is 0 Å². The molecule has 2 saturated carbocycles. The van der Waals surface area contributed by atoms with Crippen LogP contribution in [0.25, 0.3) is 0 Å². The number of ether oxygens (including phenoxy) is 5. The summed E-state index contributed by atoms with van der Waals surface area (Å²) >= 11 is 0. The van der Waals surface area contributed by atoms with Crippen LogP contribution < -0.4 is 5.32 Å². The lowest BCUT2D eigenvalue weighted by Gasteiger charge is -2.68. The number of Topliss-reactive ketones (excluding diaryl/α,β-unsaturated/α-hetero) is 1. The lowest BCUT2D eigenvalue weighted by atomic mass is 9.43. The van der Waals surface area contributed by atoms with Gasteiger partial charge >= 0.3 is 32.4 Å². The van der Waals surface area contributed by atoms with Crippen molar-refractivity contribution in [3.63, 3.8) is 0 Å². The predicted molar refractivity (Wildman–Crippen MR) is 277 cm³/mol. The van der Waals surface area contributed by atoms with E-state index in [1.54, 1.807) is 126 Å². The van der Waals surface area contributed by atoms with E-state index >= 15 is 4.79 Å². The molecule has 9 rings (SSSR count). The second-order valence-electron chi connectivity index (χ2n) is 21.7. The Labute approximate surface area is 443 Å².